The van der Waals surface area contributed by atoms with E-state index in [0.29, 0.717) is 25.2 Å². The highest BCUT2D eigenvalue weighted by molar-refractivity contribution is 5.70. The Morgan fingerprint density at radius 2 is 1.00 bits per heavy atom. The number of ether oxygens (including phenoxy) is 3. The maximum Gasteiger partial charge on any atom is 0.306 e. The zero-order valence-electron chi connectivity index (χ0n) is 24.5. The molecule has 0 aromatic rings. The van der Waals surface area contributed by atoms with Crippen molar-refractivity contribution in [2.45, 2.75) is 180 Å². The van der Waals surface area contributed by atoms with E-state index in [-0.39, 0.29) is 36.2 Å². The molecule has 2 rings (SSSR count). The summed E-state index contributed by atoms with van der Waals surface area (Å²) in [5.74, 6) is 0.370. The van der Waals surface area contributed by atoms with Gasteiger partial charge in [0.1, 0.15) is 18.3 Å². The van der Waals surface area contributed by atoms with Gasteiger partial charge in [0.15, 0.2) is 0 Å². The second kappa shape index (κ2) is 20.3. The smallest absolute Gasteiger partial charge is 0.306 e. The Hall–Kier alpha value is -1.59. The summed E-state index contributed by atoms with van der Waals surface area (Å²) in [7, 11) is 0. The van der Waals surface area contributed by atoms with Crippen LogP contribution in [0.25, 0.3) is 0 Å². The summed E-state index contributed by atoms with van der Waals surface area (Å²) < 4.78 is 17.1. The topological polar surface area (TPSA) is 78.9 Å². The zero-order chi connectivity index (χ0) is 27.4. The van der Waals surface area contributed by atoms with Crippen LogP contribution in [0.5, 0.6) is 0 Å². The number of unbranched alkanes of at least 4 members (excludes halogenated alkanes) is 4. The fourth-order valence-electron chi connectivity index (χ4n) is 5.65. The fourth-order valence-corrected chi connectivity index (χ4v) is 5.65. The van der Waals surface area contributed by atoms with Gasteiger partial charge in [0.05, 0.1) is 0 Å². The van der Waals surface area contributed by atoms with Gasteiger partial charge in [-0.2, -0.15) is 0 Å². The minimum Gasteiger partial charge on any atom is -0.462 e. The van der Waals surface area contributed by atoms with E-state index >= 15 is 0 Å². The maximum atomic E-state index is 12.4. The van der Waals surface area contributed by atoms with Crippen LogP contribution in [0.3, 0.4) is 0 Å². The van der Waals surface area contributed by atoms with E-state index in [0.717, 1.165) is 89.9 Å². The zero-order valence-corrected chi connectivity index (χ0v) is 24.5. The van der Waals surface area contributed by atoms with E-state index in [1.54, 1.807) is 0 Å². The van der Waals surface area contributed by atoms with Crippen LogP contribution in [0.1, 0.15) is 162 Å². The van der Waals surface area contributed by atoms with E-state index in [4.69, 9.17) is 14.2 Å². The first-order valence-corrected chi connectivity index (χ1v) is 16.0. The summed E-state index contributed by atoms with van der Waals surface area (Å²) in [5.41, 5.74) is 0. The van der Waals surface area contributed by atoms with Gasteiger partial charge in [0, 0.05) is 19.3 Å². The van der Waals surface area contributed by atoms with Crippen molar-refractivity contribution in [2.75, 3.05) is 0 Å². The third kappa shape index (κ3) is 16.4. The SMILES string of the molecule is CC(C)CCCC(=O)OC(CCCCCC(=O)OC1CCCCC1)CCCCCC(=O)OC1CCCCC1. The molecular formula is C32H56O6. The molecule has 2 aliphatic rings. The summed E-state index contributed by atoms with van der Waals surface area (Å²) in [5, 5.41) is 0. The van der Waals surface area contributed by atoms with Crippen LogP contribution in [0.15, 0.2) is 0 Å². The predicted octanol–water partition coefficient (Wildman–Crippen LogP) is 8.38. The summed E-state index contributed by atoms with van der Waals surface area (Å²) in [4.78, 5) is 36.7. The Labute approximate surface area is 232 Å². The molecule has 0 bridgehead atoms. The number of hydrogen-bond donors (Lipinski definition) is 0. The molecule has 2 saturated carbocycles. The van der Waals surface area contributed by atoms with Crippen LogP contribution in [-0.4, -0.2) is 36.2 Å². The van der Waals surface area contributed by atoms with E-state index < -0.39 is 0 Å². The van der Waals surface area contributed by atoms with Gasteiger partial charge in [-0.15, -0.1) is 0 Å². The van der Waals surface area contributed by atoms with E-state index in [1.165, 1.54) is 38.5 Å². The first-order chi connectivity index (χ1) is 18.4. The van der Waals surface area contributed by atoms with E-state index in [2.05, 4.69) is 13.8 Å². The van der Waals surface area contributed by atoms with Gasteiger partial charge in [0.2, 0.25) is 0 Å². The molecule has 6 nitrogen and oxygen atoms in total. The molecule has 0 radical (unpaired) electrons. The Bertz CT molecular complexity index is 606. The summed E-state index contributed by atoms with van der Waals surface area (Å²) in [6.07, 6.45) is 21.8. The Balaban J connectivity index is 1.61. The van der Waals surface area contributed by atoms with Crippen LogP contribution >= 0.6 is 0 Å². The van der Waals surface area contributed by atoms with Crippen molar-refractivity contribution in [3.8, 4) is 0 Å². The highest BCUT2D eigenvalue weighted by atomic mass is 16.6. The molecule has 6 heteroatoms. The summed E-state index contributed by atoms with van der Waals surface area (Å²) >= 11 is 0. The normalized spacial score (nSPS) is 17.1. The predicted molar refractivity (Wildman–Crippen MR) is 151 cm³/mol. The summed E-state index contributed by atoms with van der Waals surface area (Å²) in [6.45, 7) is 4.34. The molecule has 0 saturated heterocycles. The molecule has 0 spiro atoms. The molecule has 0 aliphatic heterocycles. The number of carbonyl (C=O) groups excluding carboxylic acids is 3. The molecule has 0 atom stereocenters. The maximum absolute atomic E-state index is 12.4. The first-order valence-electron chi connectivity index (χ1n) is 16.0. The van der Waals surface area contributed by atoms with Crippen LogP contribution in [-0.2, 0) is 28.6 Å². The van der Waals surface area contributed by atoms with Crippen LogP contribution < -0.4 is 0 Å². The van der Waals surface area contributed by atoms with Crippen LogP contribution in [0.2, 0.25) is 0 Å². The molecule has 2 aliphatic carbocycles. The Morgan fingerprint density at radius 1 is 0.553 bits per heavy atom. The fraction of sp³-hybridized carbons (Fsp3) is 0.906. The molecule has 220 valence electrons. The standard InChI is InChI=1S/C32H56O6/c1-26(2)16-15-25-32(35)38-29(21-11-5-13-23-30(33)36-27-17-7-3-8-18-27)22-12-6-14-24-31(34)37-28-19-9-4-10-20-28/h26-29H,3-25H2,1-2H3. The average Bonchev–Trinajstić information content (AvgIpc) is 2.89. The monoisotopic (exact) mass is 536 g/mol. The molecule has 0 N–H and O–H groups in total. The third-order valence-electron chi connectivity index (χ3n) is 7.98. The van der Waals surface area contributed by atoms with Crippen molar-refractivity contribution < 1.29 is 28.6 Å². The lowest BCUT2D eigenvalue weighted by Gasteiger charge is -2.22. The second-order valence-corrected chi connectivity index (χ2v) is 12.1. The molecule has 0 aromatic carbocycles. The largest absolute Gasteiger partial charge is 0.462 e. The van der Waals surface area contributed by atoms with Gasteiger partial charge >= 0.3 is 17.9 Å². The van der Waals surface area contributed by atoms with Crippen LogP contribution in [0.4, 0.5) is 0 Å². The highest BCUT2D eigenvalue weighted by Crippen LogP contribution is 2.23. The number of rotatable bonds is 19. The van der Waals surface area contributed by atoms with Crippen molar-refractivity contribution in [3.63, 3.8) is 0 Å². The van der Waals surface area contributed by atoms with Gasteiger partial charge in [-0.3, -0.25) is 14.4 Å². The first kappa shape index (κ1) is 32.6. The quantitative estimate of drug-likeness (QED) is 0.0937. The van der Waals surface area contributed by atoms with Crippen molar-refractivity contribution in [3.05, 3.63) is 0 Å². The number of carbonyl (C=O) groups is 3. The minimum atomic E-state index is -0.0947. The Kier molecular flexibility index (Phi) is 17.5. The van der Waals surface area contributed by atoms with E-state index in [9.17, 15) is 14.4 Å². The van der Waals surface area contributed by atoms with Gasteiger partial charge < -0.3 is 14.2 Å². The van der Waals surface area contributed by atoms with Crippen molar-refractivity contribution in [2.24, 2.45) is 5.92 Å². The van der Waals surface area contributed by atoms with Crippen LogP contribution in [0, 0.1) is 5.92 Å². The molecule has 38 heavy (non-hydrogen) atoms. The molecule has 0 amide bonds. The van der Waals surface area contributed by atoms with Gasteiger partial charge in [0.25, 0.3) is 0 Å². The molecule has 0 aromatic heterocycles. The van der Waals surface area contributed by atoms with Crippen molar-refractivity contribution >= 4 is 17.9 Å². The van der Waals surface area contributed by atoms with Gasteiger partial charge in [-0.25, -0.2) is 0 Å². The number of hydrogen-bond acceptors (Lipinski definition) is 6. The number of esters is 3. The average molecular weight is 537 g/mol. The van der Waals surface area contributed by atoms with Gasteiger partial charge in [-0.05, 0) is 102 Å². The molecule has 0 unspecified atom stereocenters. The highest BCUT2D eigenvalue weighted by Gasteiger charge is 2.19. The molecular weight excluding hydrogens is 480 g/mol. The van der Waals surface area contributed by atoms with Crippen molar-refractivity contribution in [1.29, 1.82) is 0 Å². The summed E-state index contributed by atoms with van der Waals surface area (Å²) in [6, 6.07) is 0. The lowest BCUT2D eigenvalue weighted by molar-refractivity contribution is -0.151. The van der Waals surface area contributed by atoms with E-state index in [1.807, 2.05) is 0 Å². The minimum absolute atomic E-state index is 0.0629. The Morgan fingerprint density at radius 3 is 1.45 bits per heavy atom. The lowest BCUT2D eigenvalue weighted by Crippen LogP contribution is -2.21. The van der Waals surface area contributed by atoms with Crippen molar-refractivity contribution in [1.82, 2.24) is 0 Å². The lowest BCUT2D eigenvalue weighted by atomic mass is 9.98. The molecule has 0 heterocycles. The third-order valence-corrected chi connectivity index (χ3v) is 7.98. The van der Waals surface area contributed by atoms with Gasteiger partial charge in [-0.1, -0.05) is 46.0 Å². The second-order valence-electron chi connectivity index (χ2n) is 12.1. The molecule has 2 fully saturated rings.